The van der Waals surface area contributed by atoms with E-state index in [0.29, 0.717) is 0 Å². The van der Waals surface area contributed by atoms with E-state index in [1.165, 1.54) is 25.3 Å². The Morgan fingerprint density at radius 2 is 1.62 bits per heavy atom. The van der Waals surface area contributed by atoms with Gasteiger partial charge in [-0.25, -0.2) is 4.79 Å². The number of methoxy groups -OCH3 is 1. The largest absolute Gasteiger partial charge is 0.497 e. The van der Waals surface area contributed by atoms with Crippen LogP contribution in [0.4, 0.5) is 0 Å². The topological polar surface area (TPSA) is 52.6 Å². The van der Waals surface area contributed by atoms with Crippen molar-refractivity contribution in [3.8, 4) is 5.75 Å². The minimum atomic E-state index is -0.459. The van der Waals surface area contributed by atoms with E-state index in [0.717, 1.165) is 48.3 Å². The van der Waals surface area contributed by atoms with Gasteiger partial charge in [-0.2, -0.15) is 0 Å². The number of ketones is 1. The first-order valence-corrected chi connectivity index (χ1v) is 9.58. The average molecular weight is 354 g/mol. The summed E-state index contributed by atoms with van der Waals surface area (Å²) in [6, 6.07) is 7.40. The summed E-state index contributed by atoms with van der Waals surface area (Å²) in [6.45, 7) is -0.0854. The number of carbonyl (C=O) groups is 2. The Kier molecular flexibility index (Phi) is 4.60. The Morgan fingerprint density at radius 3 is 2.15 bits per heavy atom. The third-order valence-electron chi connectivity index (χ3n) is 6.50. The first kappa shape index (κ1) is 17.3. The highest BCUT2D eigenvalue weighted by molar-refractivity contribution is 5.91. The van der Waals surface area contributed by atoms with Gasteiger partial charge in [0.25, 0.3) is 0 Å². The minimum absolute atomic E-state index is 0.0854. The van der Waals surface area contributed by atoms with E-state index in [2.05, 4.69) is 0 Å². The molecule has 4 aliphatic carbocycles. The second kappa shape index (κ2) is 6.90. The van der Waals surface area contributed by atoms with Gasteiger partial charge in [0.05, 0.1) is 7.11 Å². The lowest BCUT2D eigenvalue weighted by Crippen LogP contribution is -2.51. The fourth-order valence-corrected chi connectivity index (χ4v) is 5.67. The summed E-state index contributed by atoms with van der Waals surface area (Å²) < 4.78 is 10.4. The monoisotopic (exact) mass is 354 g/mol. The van der Waals surface area contributed by atoms with Gasteiger partial charge in [0, 0.05) is 11.5 Å². The predicted octanol–water partition coefficient (Wildman–Crippen LogP) is 4.04. The fourth-order valence-electron chi connectivity index (χ4n) is 5.67. The van der Waals surface area contributed by atoms with E-state index in [4.69, 9.17) is 9.47 Å². The molecule has 0 heterocycles. The Hall–Kier alpha value is -2.10. The molecule has 1 aromatic carbocycles. The van der Waals surface area contributed by atoms with Crippen molar-refractivity contribution in [3.63, 3.8) is 0 Å². The summed E-state index contributed by atoms with van der Waals surface area (Å²) in [6.07, 6.45) is 10.0. The van der Waals surface area contributed by atoms with Gasteiger partial charge < -0.3 is 9.47 Å². The first-order chi connectivity index (χ1) is 12.6. The normalized spacial score (nSPS) is 32.0. The average Bonchev–Trinajstić information content (AvgIpc) is 2.63. The van der Waals surface area contributed by atoms with Crippen LogP contribution in [0, 0.1) is 23.2 Å². The molecule has 5 rings (SSSR count). The van der Waals surface area contributed by atoms with Gasteiger partial charge in [-0.05, 0) is 80.1 Å². The van der Waals surface area contributed by atoms with E-state index < -0.39 is 5.97 Å². The summed E-state index contributed by atoms with van der Waals surface area (Å²) in [5.74, 6) is 2.61. The molecule has 0 spiro atoms. The lowest BCUT2D eigenvalue weighted by molar-refractivity contribution is -0.155. The molecular weight excluding hydrogens is 328 g/mol. The maximum absolute atomic E-state index is 12.8. The highest BCUT2D eigenvalue weighted by atomic mass is 16.5. The van der Waals surface area contributed by atoms with Crippen molar-refractivity contribution in [1.82, 2.24) is 0 Å². The number of hydrogen-bond acceptors (Lipinski definition) is 4. The lowest BCUT2D eigenvalue weighted by atomic mass is 9.48. The molecular formula is C22H26O4. The molecule has 0 radical (unpaired) electrons. The summed E-state index contributed by atoms with van der Waals surface area (Å²) >= 11 is 0. The number of benzene rings is 1. The molecule has 4 bridgehead atoms. The van der Waals surface area contributed by atoms with Crippen molar-refractivity contribution in [2.45, 2.75) is 38.5 Å². The summed E-state index contributed by atoms with van der Waals surface area (Å²) in [5.41, 5.74) is 0.685. The molecule has 4 fully saturated rings. The maximum atomic E-state index is 12.8. The van der Waals surface area contributed by atoms with Crippen LogP contribution >= 0.6 is 0 Å². The molecule has 0 amide bonds. The van der Waals surface area contributed by atoms with Crippen LogP contribution in [0.5, 0.6) is 5.75 Å². The highest BCUT2D eigenvalue weighted by Crippen LogP contribution is 2.60. The lowest BCUT2D eigenvalue weighted by Gasteiger charge is -2.55. The summed E-state index contributed by atoms with van der Waals surface area (Å²) in [4.78, 5) is 24.8. The maximum Gasteiger partial charge on any atom is 0.331 e. The second-order valence-electron chi connectivity index (χ2n) is 8.34. The molecule has 4 saturated carbocycles. The van der Waals surface area contributed by atoms with Gasteiger partial charge in [-0.1, -0.05) is 12.1 Å². The van der Waals surface area contributed by atoms with E-state index in [9.17, 15) is 9.59 Å². The van der Waals surface area contributed by atoms with Crippen LogP contribution in [0.25, 0.3) is 6.08 Å². The van der Waals surface area contributed by atoms with Crippen LogP contribution in [-0.4, -0.2) is 25.5 Å². The second-order valence-corrected chi connectivity index (χ2v) is 8.34. The molecule has 4 aliphatic rings. The third kappa shape index (κ3) is 3.42. The van der Waals surface area contributed by atoms with Gasteiger partial charge in [0.2, 0.25) is 0 Å². The number of hydrogen-bond donors (Lipinski definition) is 0. The zero-order chi connectivity index (χ0) is 18.1. The third-order valence-corrected chi connectivity index (χ3v) is 6.50. The van der Waals surface area contributed by atoms with E-state index in [-0.39, 0.29) is 17.8 Å². The standard InChI is InChI=1S/C22H26O4/c1-25-19-5-2-15(3-6-19)4-7-21(24)26-14-20(23)22-11-16-8-17(12-22)10-18(9-16)13-22/h2-7,16-18H,8-14H2,1H3. The van der Waals surface area contributed by atoms with E-state index in [1.54, 1.807) is 13.2 Å². The summed E-state index contributed by atoms with van der Waals surface area (Å²) in [7, 11) is 1.61. The van der Waals surface area contributed by atoms with Crippen LogP contribution in [0.15, 0.2) is 30.3 Å². The number of rotatable bonds is 6. The molecule has 0 saturated heterocycles. The van der Waals surface area contributed by atoms with Crippen molar-refractivity contribution in [2.75, 3.05) is 13.7 Å². The highest BCUT2D eigenvalue weighted by Gasteiger charge is 2.54. The first-order valence-electron chi connectivity index (χ1n) is 9.58. The molecule has 26 heavy (non-hydrogen) atoms. The van der Waals surface area contributed by atoms with Gasteiger partial charge in [0.15, 0.2) is 12.4 Å². The molecule has 4 nitrogen and oxygen atoms in total. The molecule has 138 valence electrons. The summed E-state index contributed by atoms with van der Waals surface area (Å²) in [5, 5.41) is 0. The van der Waals surface area contributed by atoms with Gasteiger partial charge in [-0.15, -0.1) is 0 Å². The molecule has 4 heteroatoms. The van der Waals surface area contributed by atoms with Crippen molar-refractivity contribution in [2.24, 2.45) is 23.2 Å². The molecule has 0 atom stereocenters. The quantitative estimate of drug-likeness (QED) is 0.571. The minimum Gasteiger partial charge on any atom is -0.497 e. The molecule has 0 aromatic heterocycles. The SMILES string of the molecule is COc1ccc(C=CC(=O)OCC(=O)C23CC4CC(CC(C4)C2)C3)cc1. The molecule has 0 N–H and O–H groups in total. The van der Waals surface area contributed by atoms with Gasteiger partial charge in [0.1, 0.15) is 5.75 Å². The number of esters is 1. The fraction of sp³-hybridized carbons (Fsp3) is 0.545. The van der Waals surface area contributed by atoms with Crippen molar-refractivity contribution in [3.05, 3.63) is 35.9 Å². The van der Waals surface area contributed by atoms with Crippen LogP contribution in [0.3, 0.4) is 0 Å². The van der Waals surface area contributed by atoms with Crippen molar-refractivity contribution in [1.29, 1.82) is 0 Å². The zero-order valence-electron chi connectivity index (χ0n) is 15.3. The number of ether oxygens (including phenoxy) is 2. The van der Waals surface area contributed by atoms with Crippen LogP contribution < -0.4 is 4.74 Å². The number of carbonyl (C=O) groups excluding carboxylic acids is 2. The Morgan fingerprint density at radius 1 is 1.04 bits per heavy atom. The Bertz CT molecular complexity index is 681. The number of Topliss-reactive ketones (excluding diaryl/α,β-unsaturated/α-hetero) is 1. The molecule has 1 aromatic rings. The smallest absolute Gasteiger partial charge is 0.331 e. The molecule has 0 unspecified atom stereocenters. The van der Waals surface area contributed by atoms with Crippen molar-refractivity contribution < 1.29 is 19.1 Å². The van der Waals surface area contributed by atoms with Crippen LogP contribution in [0.2, 0.25) is 0 Å². The predicted molar refractivity (Wildman–Crippen MR) is 98.6 cm³/mol. The van der Waals surface area contributed by atoms with Crippen molar-refractivity contribution >= 4 is 17.8 Å². The Labute approximate surface area is 154 Å². The Balaban J connectivity index is 1.31. The van der Waals surface area contributed by atoms with Crippen LogP contribution in [-0.2, 0) is 14.3 Å². The zero-order valence-corrected chi connectivity index (χ0v) is 15.3. The van der Waals surface area contributed by atoms with Gasteiger partial charge >= 0.3 is 5.97 Å². The van der Waals surface area contributed by atoms with E-state index in [1.807, 2.05) is 24.3 Å². The van der Waals surface area contributed by atoms with Crippen LogP contribution in [0.1, 0.15) is 44.1 Å². The van der Waals surface area contributed by atoms with Gasteiger partial charge in [-0.3, -0.25) is 4.79 Å². The molecule has 0 aliphatic heterocycles. The van der Waals surface area contributed by atoms with E-state index >= 15 is 0 Å².